The van der Waals surface area contributed by atoms with Crippen LogP contribution in [-0.4, -0.2) is 41.6 Å². The van der Waals surface area contributed by atoms with Gasteiger partial charge in [0.05, 0.1) is 19.3 Å². The number of hydrogen-bond donors (Lipinski definition) is 0. The van der Waals surface area contributed by atoms with Gasteiger partial charge in [0, 0.05) is 12.3 Å². The summed E-state index contributed by atoms with van der Waals surface area (Å²) in [5.41, 5.74) is -0.550. The van der Waals surface area contributed by atoms with Crippen molar-refractivity contribution in [2.24, 2.45) is 4.99 Å². The maximum Gasteiger partial charge on any atom is 0.346 e. The molecule has 1 aliphatic carbocycles. The number of nitrogens with zero attached hydrogens (tertiary/aromatic N) is 2. The number of rotatable bonds is 7. The van der Waals surface area contributed by atoms with Crippen LogP contribution in [0.4, 0.5) is 0 Å². The number of hydrogen-bond acceptors (Lipinski definition) is 6. The fourth-order valence-electron chi connectivity index (χ4n) is 3.04. The second kappa shape index (κ2) is 10.5. The molecule has 7 heteroatoms. The molecule has 1 unspecified atom stereocenters. The van der Waals surface area contributed by atoms with E-state index in [1.165, 1.54) is 18.7 Å². The van der Waals surface area contributed by atoms with E-state index < -0.39 is 23.5 Å². The molecule has 0 amide bonds. The Labute approximate surface area is 158 Å². The van der Waals surface area contributed by atoms with Gasteiger partial charge in [-0.15, -0.1) is 0 Å². The molecule has 0 spiro atoms. The van der Waals surface area contributed by atoms with Crippen LogP contribution in [0.3, 0.4) is 0 Å². The highest BCUT2D eigenvalue weighted by molar-refractivity contribution is 6.04. The molecule has 1 saturated carbocycles. The standard InChI is InChI=1S/C20H26N2O5/c1-3-26-19(24)16(14-21-15-10-6-5-7-11-15)18(20(25)27-4-2)22-13-9-8-12-17(22)23/h8-9,12-13,15,18H,3-7,10-11H2,1-2H3. The average Bonchev–Trinajstić information content (AvgIpc) is 2.67. The van der Waals surface area contributed by atoms with Crippen molar-refractivity contribution in [2.45, 2.75) is 58.0 Å². The van der Waals surface area contributed by atoms with Crippen molar-refractivity contribution >= 4 is 17.8 Å². The molecule has 0 bridgehead atoms. The Hall–Kier alpha value is -2.66. The lowest BCUT2D eigenvalue weighted by atomic mass is 9.96. The molecule has 27 heavy (non-hydrogen) atoms. The number of pyridine rings is 1. The Bertz CT molecular complexity index is 771. The quantitative estimate of drug-likeness (QED) is 0.416. The molecule has 1 aromatic rings. The second-order valence-electron chi connectivity index (χ2n) is 6.27. The molecule has 2 rings (SSSR count). The van der Waals surface area contributed by atoms with E-state index in [2.05, 4.69) is 10.9 Å². The summed E-state index contributed by atoms with van der Waals surface area (Å²) < 4.78 is 11.3. The van der Waals surface area contributed by atoms with E-state index in [0.29, 0.717) is 0 Å². The third kappa shape index (κ3) is 5.66. The number of carbonyl (C=O) groups excluding carboxylic acids is 2. The number of ether oxygens (including phenoxy) is 2. The molecule has 0 saturated heterocycles. The molecular formula is C20H26N2O5. The highest BCUT2D eigenvalue weighted by Crippen LogP contribution is 2.21. The lowest BCUT2D eigenvalue weighted by molar-refractivity contribution is -0.149. The summed E-state index contributed by atoms with van der Waals surface area (Å²) in [7, 11) is 0. The first-order valence-electron chi connectivity index (χ1n) is 9.42. The first kappa shape index (κ1) is 20.6. The number of carbonyl (C=O) groups is 2. The van der Waals surface area contributed by atoms with E-state index in [4.69, 9.17) is 9.47 Å². The van der Waals surface area contributed by atoms with Gasteiger partial charge in [-0.2, -0.15) is 0 Å². The van der Waals surface area contributed by atoms with Crippen LogP contribution in [0.15, 0.2) is 39.8 Å². The molecule has 7 nitrogen and oxygen atoms in total. The smallest absolute Gasteiger partial charge is 0.346 e. The molecule has 1 aliphatic rings. The Balaban J connectivity index is 2.53. The Kier molecular flexibility index (Phi) is 8.01. The number of esters is 2. The molecule has 1 aromatic heterocycles. The predicted molar refractivity (Wildman–Crippen MR) is 101 cm³/mol. The van der Waals surface area contributed by atoms with Crippen molar-refractivity contribution in [2.75, 3.05) is 13.2 Å². The lowest BCUT2D eigenvalue weighted by Crippen LogP contribution is -2.34. The monoisotopic (exact) mass is 374 g/mol. The van der Waals surface area contributed by atoms with Gasteiger partial charge in [-0.3, -0.25) is 9.36 Å². The molecule has 0 N–H and O–H groups in total. The van der Waals surface area contributed by atoms with Gasteiger partial charge >= 0.3 is 11.9 Å². The summed E-state index contributed by atoms with van der Waals surface area (Å²) in [5, 5.41) is 0. The van der Waals surface area contributed by atoms with Crippen molar-refractivity contribution in [1.82, 2.24) is 4.57 Å². The molecule has 0 aliphatic heterocycles. The van der Waals surface area contributed by atoms with Crippen LogP contribution in [0.25, 0.3) is 0 Å². The fourth-order valence-corrected chi connectivity index (χ4v) is 3.04. The van der Waals surface area contributed by atoms with Gasteiger partial charge in [0.25, 0.3) is 5.56 Å². The Morgan fingerprint density at radius 3 is 2.52 bits per heavy atom. The summed E-state index contributed by atoms with van der Waals surface area (Å²) >= 11 is 0. The first-order valence-corrected chi connectivity index (χ1v) is 9.42. The van der Waals surface area contributed by atoms with Gasteiger partial charge in [-0.25, -0.2) is 14.6 Å². The fraction of sp³-hybridized carbons (Fsp3) is 0.550. The minimum atomic E-state index is -1.29. The van der Waals surface area contributed by atoms with E-state index in [1.54, 1.807) is 26.0 Å². The zero-order chi connectivity index (χ0) is 19.6. The first-order chi connectivity index (χ1) is 13.1. The Morgan fingerprint density at radius 1 is 1.19 bits per heavy atom. The van der Waals surface area contributed by atoms with Crippen molar-refractivity contribution in [3.63, 3.8) is 0 Å². The van der Waals surface area contributed by atoms with Gasteiger partial charge in [0.1, 0.15) is 5.57 Å². The van der Waals surface area contributed by atoms with E-state index >= 15 is 0 Å². The summed E-state index contributed by atoms with van der Waals surface area (Å²) in [6, 6.07) is 3.25. The highest BCUT2D eigenvalue weighted by atomic mass is 16.5. The van der Waals surface area contributed by atoms with Crippen molar-refractivity contribution in [3.8, 4) is 0 Å². The summed E-state index contributed by atoms with van der Waals surface area (Å²) in [4.78, 5) is 41.8. The van der Waals surface area contributed by atoms with Gasteiger partial charge in [-0.1, -0.05) is 25.3 Å². The maximum atomic E-state index is 12.6. The van der Waals surface area contributed by atoms with Crippen molar-refractivity contribution in [3.05, 3.63) is 40.3 Å². The molecule has 146 valence electrons. The zero-order valence-electron chi connectivity index (χ0n) is 15.8. The van der Waals surface area contributed by atoms with E-state index in [1.807, 2.05) is 0 Å². The predicted octanol–water partition coefficient (Wildman–Crippen LogP) is 2.44. The summed E-state index contributed by atoms with van der Waals surface area (Å²) in [5.74, 6) is 1.29. The van der Waals surface area contributed by atoms with Crippen LogP contribution in [0.5, 0.6) is 0 Å². The normalized spacial score (nSPS) is 15.3. The zero-order valence-corrected chi connectivity index (χ0v) is 15.8. The van der Waals surface area contributed by atoms with E-state index in [-0.39, 0.29) is 24.8 Å². The SMILES string of the molecule is CCOC(=O)C(=C=NC1CCCCC1)C(C(=O)OCC)n1ccccc1=O. The minimum absolute atomic E-state index is 0.0542. The number of aromatic nitrogens is 1. The van der Waals surface area contributed by atoms with Gasteiger partial charge in [0.2, 0.25) is 0 Å². The lowest BCUT2D eigenvalue weighted by Gasteiger charge is -2.19. The van der Waals surface area contributed by atoms with Crippen LogP contribution in [0, 0.1) is 0 Å². The summed E-state index contributed by atoms with van der Waals surface area (Å²) in [6.45, 7) is 3.58. The van der Waals surface area contributed by atoms with Gasteiger partial charge in [-0.05, 0) is 38.6 Å². The third-order valence-corrected chi connectivity index (χ3v) is 4.35. The molecule has 0 radical (unpaired) electrons. The molecule has 1 heterocycles. The Morgan fingerprint density at radius 2 is 1.89 bits per heavy atom. The van der Waals surface area contributed by atoms with Crippen molar-refractivity contribution in [1.29, 1.82) is 0 Å². The highest BCUT2D eigenvalue weighted by Gasteiger charge is 2.33. The van der Waals surface area contributed by atoms with Crippen LogP contribution >= 0.6 is 0 Å². The summed E-state index contributed by atoms with van der Waals surface area (Å²) in [6.07, 6.45) is 6.59. The van der Waals surface area contributed by atoms with Crippen molar-refractivity contribution < 1.29 is 19.1 Å². The average molecular weight is 374 g/mol. The maximum absolute atomic E-state index is 12.6. The second-order valence-corrected chi connectivity index (χ2v) is 6.27. The van der Waals surface area contributed by atoms with E-state index in [0.717, 1.165) is 30.3 Å². The van der Waals surface area contributed by atoms with Crippen LogP contribution in [0.2, 0.25) is 0 Å². The van der Waals surface area contributed by atoms with E-state index in [9.17, 15) is 14.4 Å². The van der Waals surface area contributed by atoms with Gasteiger partial charge < -0.3 is 9.47 Å². The molecular weight excluding hydrogens is 348 g/mol. The third-order valence-electron chi connectivity index (χ3n) is 4.35. The van der Waals surface area contributed by atoms with Crippen LogP contribution in [0.1, 0.15) is 52.0 Å². The van der Waals surface area contributed by atoms with Gasteiger partial charge in [0.15, 0.2) is 6.04 Å². The molecule has 0 aromatic carbocycles. The van der Waals surface area contributed by atoms with Crippen LogP contribution < -0.4 is 5.56 Å². The van der Waals surface area contributed by atoms with Crippen LogP contribution in [-0.2, 0) is 19.1 Å². The topological polar surface area (TPSA) is 87.0 Å². The molecule has 1 atom stereocenters. The molecule has 1 fully saturated rings. The number of aliphatic imine (C=N–C) groups is 1. The minimum Gasteiger partial charge on any atom is -0.464 e. The largest absolute Gasteiger partial charge is 0.464 e.